The van der Waals surface area contributed by atoms with Crippen LogP contribution in [0.15, 0.2) is 48.5 Å². The smallest absolute Gasteiger partial charge is 0.326 e. The molecule has 0 saturated heterocycles. The average Bonchev–Trinajstić information content (AvgIpc) is 2.53. The summed E-state index contributed by atoms with van der Waals surface area (Å²) in [5, 5.41) is 6.21. The summed E-state index contributed by atoms with van der Waals surface area (Å²) in [6.45, 7) is 0.988. The van der Waals surface area contributed by atoms with E-state index < -0.39 is 11.7 Å². The lowest BCUT2D eigenvalue weighted by molar-refractivity contribution is -0.137. The number of amides is 1. The van der Waals surface area contributed by atoms with Crippen LogP contribution in [0.4, 0.5) is 18.9 Å². The molecule has 0 atom stereocenters. The van der Waals surface area contributed by atoms with Gasteiger partial charge >= 0.3 is 6.18 Å². The molecule has 0 fully saturated rings. The maximum absolute atomic E-state index is 12.6. The zero-order valence-corrected chi connectivity index (χ0v) is 13.4. The van der Waals surface area contributed by atoms with Gasteiger partial charge in [0.05, 0.1) is 5.56 Å². The molecule has 0 heterocycles. The molecule has 0 unspecified atom stereocenters. The molecule has 0 aliphatic carbocycles. The number of carbonyl (C=O) groups is 1. The van der Waals surface area contributed by atoms with Gasteiger partial charge in [-0.2, -0.15) is 13.2 Å². The number of halogens is 4. The molecule has 0 radical (unpaired) electrons. The van der Waals surface area contributed by atoms with E-state index in [0.717, 1.165) is 17.7 Å². The lowest BCUT2D eigenvalue weighted by Crippen LogP contribution is -2.21. The first-order valence-electron chi connectivity index (χ1n) is 7.27. The number of alkyl halides is 3. The van der Waals surface area contributed by atoms with Crippen molar-refractivity contribution in [1.82, 2.24) is 5.32 Å². The highest BCUT2D eigenvalue weighted by Crippen LogP contribution is 2.30. The van der Waals surface area contributed by atoms with E-state index in [4.69, 9.17) is 11.6 Å². The number of benzene rings is 2. The van der Waals surface area contributed by atoms with E-state index in [1.54, 1.807) is 12.1 Å². The van der Waals surface area contributed by atoms with Gasteiger partial charge in [0.25, 0.3) is 0 Å². The summed E-state index contributed by atoms with van der Waals surface area (Å²) in [6, 6.07) is 11.9. The van der Waals surface area contributed by atoms with Crippen LogP contribution in [0.3, 0.4) is 0 Å². The van der Waals surface area contributed by atoms with Gasteiger partial charge < -0.3 is 10.6 Å². The fraction of sp³-hybridized carbons (Fsp3) is 0.235. The SMILES string of the molecule is O=C(CCNCc1ccc(Cl)cc1)Nc1cccc(C(F)(F)F)c1. The van der Waals surface area contributed by atoms with Crippen LogP contribution in [0, 0.1) is 0 Å². The first-order valence-corrected chi connectivity index (χ1v) is 7.64. The average molecular weight is 357 g/mol. The van der Waals surface area contributed by atoms with E-state index >= 15 is 0 Å². The highest BCUT2D eigenvalue weighted by Gasteiger charge is 2.30. The van der Waals surface area contributed by atoms with Crippen molar-refractivity contribution in [2.45, 2.75) is 19.1 Å². The van der Waals surface area contributed by atoms with Crippen molar-refractivity contribution in [1.29, 1.82) is 0 Å². The molecule has 2 N–H and O–H groups in total. The summed E-state index contributed by atoms with van der Waals surface area (Å²) in [5.41, 5.74) is 0.367. The molecule has 0 bridgehead atoms. The van der Waals surface area contributed by atoms with Gasteiger partial charge in [-0.15, -0.1) is 0 Å². The van der Waals surface area contributed by atoms with E-state index in [1.807, 2.05) is 12.1 Å². The molecule has 1 amide bonds. The molecule has 2 aromatic carbocycles. The fourth-order valence-electron chi connectivity index (χ4n) is 2.03. The molecule has 0 aromatic heterocycles. The fourth-order valence-corrected chi connectivity index (χ4v) is 2.16. The Morgan fingerprint density at radius 1 is 1.08 bits per heavy atom. The van der Waals surface area contributed by atoms with Crippen molar-refractivity contribution < 1.29 is 18.0 Å². The number of carbonyl (C=O) groups excluding carboxylic acids is 1. The van der Waals surface area contributed by atoms with Crippen LogP contribution in [0.2, 0.25) is 5.02 Å². The van der Waals surface area contributed by atoms with Crippen molar-refractivity contribution >= 4 is 23.2 Å². The van der Waals surface area contributed by atoms with Gasteiger partial charge in [-0.3, -0.25) is 4.79 Å². The highest BCUT2D eigenvalue weighted by molar-refractivity contribution is 6.30. The van der Waals surface area contributed by atoms with E-state index in [1.165, 1.54) is 12.1 Å². The van der Waals surface area contributed by atoms with Gasteiger partial charge in [0.1, 0.15) is 0 Å². The normalized spacial score (nSPS) is 11.3. The second-order valence-corrected chi connectivity index (χ2v) is 5.62. The van der Waals surface area contributed by atoms with Crippen molar-refractivity contribution in [2.24, 2.45) is 0 Å². The van der Waals surface area contributed by atoms with E-state index in [9.17, 15) is 18.0 Å². The molecule has 2 aromatic rings. The minimum Gasteiger partial charge on any atom is -0.326 e. The third-order valence-corrected chi connectivity index (χ3v) is 3.50. The number of rotatable bonds is 6. The Bertz CT molecular complexity index is 687. The van der Waals surface area contributed by atoms with E-state index in [0.29, 0.717) is 18.1 Å². The van der Waals surface area contributed by atoms with Crippen LogP contribution in [-0.4, -0.2) is 12.5 Å². The Hall–Kier alpha value is -2.05. The first kappa shape index (κ1) is 18.3. The molecule has 0 saturated carbocycles. The second-order valence-electron chi connectivity index (χ2n) is 5.18. The third kappa shape index (κ3) is 5.86. The van der Waals surface area contributed by atoms with Crippen molar-refractivity contribution in [3.63, 3.8) is 0 Å². The van der Waals surface area contributed by atoms with Gasteiger partial charge in [0, 0.05) is 30.2 Å². The summed E-state index contributed by atoms with van der Waals surface area (Å²) in [6.07, 6.45) is -4.27. The molecule has 0 spiro atoms. The van der Waals surface area contributed by atoms with Gasteiger partial charge in [-0.1, -0.05) is 29.8 Å². The summed E-state index contributed by atoms with van der Waals surface area (Å²) in [5.74, 6) is -0.349. The van der Waals surface area contributed by atoms with Crippen molar-refractivity contribution in [3.05, 3.63) is 64.7 Å². The predicted molar refractivity (Wildman–Crippen MR) is 87.8 cm³/mol. The minimum absolute atomic E-state index is 0.132. The molecule has 0 aliphatic rings. The van der Waals surface area contributed by atoms with Crippen LogP contribution in [0.1, 0.15) is 17.5 Å². The van der Waals surface area contributed by atoms with Crippen LogP contribution in [-0.2, 0) is 17.5 Å². The Labute approximate surface area is 142 Å². The van der Waals surface area contributed by atoms with Gasteiger partial charge in [-0.25, -0.2) is 0 Å². The lowest BCUT2D eigenvalue weighted by atomic mass is 10.2. The Morgan fingerprint density at radius 3 is 2.46 bits per heavy atom. The summed E-state index contributed by atoms with van der Waals surface area (Å²) < 4.78 is 37.8. The number of nitrogens with one attached hydrogen (secondary N) is 2. The van der Waals surface area contributed by atoms with Gasteiger partial charge in [0.2, 0.25) is 5.91 Å². The molecule has 24 heavy (non-hydrogen) atoms. The minimum atomic E-state index is -4.43. The van der Waals surface area contributed by atoms with E-state index in [-0.39, 0.29) is 18.0 Å². The van der Waals surface area contributed by atoms with Crippen molar-refractivity contribution in [3.8, 4) is 0 Å². The molecular weight excluding hydrogens is 341 g/mol. The predicted octanol–water partition coefficient (Wildman–Crippen LogP) is 4.48. The Balaban J connectivity index is 1.76. The zero-order valence-electron chi connectivity index (χ0n) is 12.7. The largest absolute Gasteiger partial charge is 0.416 e. The molecule has 7 heteroatoms. The van der Waals surface area contributed by atoms with Crippen LogP contribution in [0.5, 0.6) is 0 Å². The molecule has 3 nitrogen and oxygen atoms in total. The lowest BCUT2D eigenvalue weighted by Gasteiger charge is -2.10. The monoisotopic (exact) mass is 356 g/mol. The van der Waals surface area contributed by atoms with Crippen LogP contribution < -0.4 is 10.6 Å². The molecule has 128 valence electrons. The standard InChI is InChI=1S/C17H16ClF3N2O/c18-14-6-4-12(5-7-14)11-22-9-8-16(24)23-15-3-1-2-13(10-15)17(19,20)21/h1-7,10,22H,8-9,11H2,(H,23,24). The van der Waals surface area contributed by atoms with Crippen molar-refractivity contribution in [2.75, 3.05) is 11.9 Å². The topological polar surface area (TPSA) is 41.1 Å². The van der Waals surface area contributed by atoms with E-state index in [2.05, 4.69) is 10.6 Å². The molecular formula is C17H16ClF3N2O. The molecule has 2 rings (SSSR count). The maximum atomic E-state index is 12.6. The van der Waals surface area contributed by atoms with Gasteiger partial charge in [0.15, 0.2) is 0 Å². The number of hydrogen-bond acceptors (Lipinski definition) is 2. The Morgan fingerprint density at radius 2 is 1.79 bits per heavy atom. The summed E-state index contributed by atoms with van der Waals surface area (Å²) in [4.78, 5) is 11.8. The summed E-state index contributed by atoms with van der Waals surface area (Å²) >= 11 is 5.79. The number of anilines is 1. The zero-order chi connectivity index (χ0) is 17.6. The third-order valence-electron chi connectivity index (χ3n) is 3.24. The quantitative estimate of drug-likeness (QED) is 0.749. The molecule has 0 aliphatic heterocycles. The maximum Gasteiger partial charge on any atom is 0.416 e. The second kappa shape index (κ2) is 8.17. The van der Waals surface area contributed by atoms with Crippen LogP contribution in [0.25, 0.3) is 0 Å². The van der Waals surface area contributed by atoms with Gasteiger partial charge in [-0.05, 0) is 35.9 Å². The first-order chi connectivity index (χ1) is 11.3. The van der Waals surface area contributed by atoms with Crippen LogP contribution >= 0.6 is 11.6 Å². The number of hydrogen-bond donors (Lipinski definition) is 2. The Kier molecular flexibility index (Phi) is 6.23. The highest BCUT2D eigenvalue weighted by atomic mass is 35.5. The summed E-state index contributed by atoms with van der Waals surface area (Å²) in [7, 11) is 0.